The molecule has 0 spiro atoms. The fraction of sp³-hybridized carbons (Fsp3) is 0.579. The second-order valence-corrected chi connectivity index (χ2v) is 6.06. The molecule has 2 aliphatic rings. The van der Waals surface area contributed by atoms with E-state index >= 15 is 0 Å². The fourth-order valence-corrected chi connectivity index (χ4v) is 3.01. The predicted octanol–water partition coefficient (Wildman–Crippen LogP) is 3.21. The normalized spacial score (nSPS) is 33.5. The zero-order valence-corrected chi connectivity index (χ0v) is 14.1. The van der Waals surface area contributed by atoms with E-state index in [1.165, 1.54) is 0 Å². The monoisotopic (exact) mass is 334 g/mol. The van der Waals surface area contributed by atoms with Crippen molar-refractivity contribution in [1.29, 1.82) is 0 Å². The first-order valence-electron chi connectivity index (χ1n) is 8.63. The Kier molecular flexibility index (Phi) is 6.40. The number of rotatable bonds is 6. The lowest BCUT2D eigenvalue weighted by molar-refractivity contribution is -0.283. The summed E-state index contributed by atoms with van der Waals surface area (Å²) < 4.78 is 29.7. The van der Waals surface area contributed by atoms with Gasteiger partial charge in [-0.25, -0.2) is 0 Å². The summed E-state index contributed by atoms with van der Waals surface area (Å²) in [5.74, 6) is 0. The zero-order chi connectivity index (χ0) is 16.8. The van der Waals surface area contributed by atoms with Crippen LogP contribution < -0.4 is 0 Å². The molecule has 2 saturated heterocycles. The first-order chi connectivity index (χ1) is 11.8. The summed E-state index contributed by atoms with van der Waals surface area (Å²) in [5.41, 5.74) is 0.989. The van der Waals surface area contributed by atoms with E-state index in [2.05, 4.69) is 13.5 Å². The number of unbranched alkanes of at least 4 members (excludes halogenated alkanes) is 1. The molecular formula is C19H26O5. The average molecular weight is 334 g/mol. The third-order valence-corrected chi connectivity index (χ3v) is 4.36. The maximum Gasteiger partial charge on any atom is 0.184 e. The summed E-state index contributed by atoms with van der Waals surface area (Å²) in [7, 11) is 0. The van der Waals surface area contributed by atoms with Gasteiger partial charge in [0.2, 0.25) is 0 Å². The molecule has 5 nitrogen and oxygen atoms in total. The van der Waals surface area contributed by atoms with Gasteiger partial charge < -0.3 is 23.7 Å². The molecule has 0 N–H and O–H groups in total. The molecule has 2 aliphatic heterocycles. The van der Waals surface area contributed by atoms with E-state index in [4.69, 9.17) is 23.7 Å². The van der Waals surface area contributed by atoms with Crippen molar-refractivity contribution >= 4 is 0 Å². The molecule has 5 atom stereocenters. The van der Waals surface area contributed by atoms with Crippen LogP contribution in [-0.4, -0.2) is 44.4 Å². The Morgan fingerprint density at radius 2 is 2.04 bits per heavy atom. The third kappa shape index (κ3) is 4.05. The predicted molar refractivity (Wildman–Crippen MR) is 89.5 cm³/mol. The number of hydrogen-bond donors (Lipinski definition) is 0. The van der Waals surface area contributed by atoms with Crippen molar-refractivity contribution in [3.8, 4) is 0 Å². The van der Waals surface area contributed by atoms with Crippen molar-refractivity contribution in [2.45, 2.75) is 50.5 Å². The van der Waals surface area contributed by atoms with Crippen molar-refractivity contribution in [3.63, 3.8) is 0 Å². The van der Waals surface area contributed by atoms with Crippen LogP contribution in [0.4, 0.5) is 0 Å². The lowest BCUT2D eigenvalue weighted by Gasteiger charge is -2.39. The van der Waals surface area contributed by atoms with Crippen LogP contribution >= 0.6 is 0 Å². The van der Waals surface area contributed by atoms with Crippen LogP contribution in [-0.2, 0) is 23.7 Å². The number of ether oxygens (including phenoxy) is 5. The number of fused-ring (bicyclic) bond motifs is 1. The molecule has 132 valence electrons. The van der Waals surface area contributed by atoms with Gasteiger partial charge in [0.1, 0.15) is 31.2 Å². The Balaban J connectivity index is 1.76. The van der Waals surface area contributed by atoms with Gasteiger partial charge >= 0.3 is 0 Å². The lowest BCUT2D eigenvalue weighted by atomic mass is 10.0. The average Bonchev–Trinajstić information content (AvgIpc) is 2.81. The molecule has 2 fully saturated rings. The van der Waals surface area contributed by atoms with Crippen LogP contribution in [0.25, 0.3) is 0 Å². The summed E-state index contributed by atoms with van der Waals surface area (Å²) in [4.78, 5) is 0. The Morgan fingerprint density at radius 3 is 2.79 bits per heavy atom. The SMILES string of the molecule is C=C[C@H]1OCO[C@@H]2COC(c3ccccc3)O[C@H]2[C@@H]1OCCCC. The van der Waals surface area contributed by atoms with Crippen molar-refractivity contribution in [2.75, 3.05) is 20.0 Å². The van der Waals surface area contributed by atoms with Crippen LogP contribution in [0.2, 0.25) is 0 Å². The molecule has 0 saturated carbocycles. The summed E-state index contributed by atoms with van der Waals surface area (Å²) in [5, 5.41) is 0. The summed E-state index contributed by atoms with van der Waals surface area (Å²) in [6.07, 6.45) is 2.44. The van der Waals surface area contributed by atoms with Gasteiger partial charge in [0, 0.05) is 12.2 Å². The van der Waals surface area contributed by atoms with Crippen LogP contribution in [0.15, 0.2) is 43.0 Å². The second kappa shape index (κ2) is 8.74. The van der Waals surface area contributed by atoms with E-state index in [-0.39, 0.29) is 31.2 Å². The quantitative estimate of drug-likeness (QED) is 0.590. The van der Waals surface area contributed by atoms with E-state index in [0.717, 1.165) is 18.4 Å². The van der Waals surface area contributed by atoms with Gasteiger partial charge in [-0.15, -0.1) is 6.58 Å². The largest absolute Gasteiger partial charge is 0.372 e. The third-order valence-electron chi connectivity index (χ3n) is 4.36. The van der Waals surface area contributed by atoms with Crippen LogP contribution in [0.5, 0.6) is 0 Å². The van der Waals surface area contributed by atoms with Gasteiger partial charge in [0.25, 0.3) is 0 Å². The Hall–Kier alpha value is -1.24. The Bertz CT molecular complexity index is 506. The van der Waals surface area contributed by atoms with Crippen molar-refractivity contribution < 1.29 is 23.7 Å². The van der Waals surface area contributed by atoms with Gasteiger partial charge in [0.15, 0.2) is 6.29 Å². The van der Waals surface area contributed by atoms with Gasteiger partial charge in [-0.1, -0.05) is 49.8 Å². The molecule has 0 bridgehead atoms. The van der Waals surface area contributed by atoms with E-state index in [1.54, 1.807) is 6.08 Å². The first kappa shape index (κ1) is 17.6. The minimum atomic E-state index is -0.420. The maximum absolute atomic E-state index is 6.23. The highest BCUT2D eigenvalue weighted by Gasteiger charge is 2.44. The van der Waals surface area contributed by atoms with E-state index in [1.807, 2.05) is 30.3 Å². The molecule has 1 unspecified atom stereocenters. The second-order valence-electron chi connectivity index (χ2n) is 6.06. The minimum Gasteiger partial charge on any atom is -0.372 e. The molecule has 3 rings (SSSR count). The highest BCUT2D eigenvalue weighted by molar-refractivity contribution is 5.16. The standard InChI is InChI=1S/C19H26O5/c1-3-5-11-20-17-15(4-2)22-13-23-16-12-21-19(24-18(16)17)14-9-7-6-8-10-14/h4,6-10,15-19H,2-3,5,11-13H2,1H3/t15-,16-,17-,18-,19?/m1/s1. The summed E-state index contributed by atoms with van der Waals surface area (Å²) >= 11 is 0. The summed E-state index contributed by atoms with van der Waals surface area (Å²) in [6, 6.07) is 9.92. The molecule has 0 amide bonds. The first-order valence-corrected chi connectivity index (χ1v) is 8.63. The topological polar surface area (TPSA) is 46.2 Å². The van der Waals surface area contributed by atoms with Gasteiger partial charge in [0.05, 0.1) is 6.61 Å². The Morgan fingerprint density at radius 1 is 1.21 bits per heavy atom. The molecule has 5 heteroatoms. The van der Waals surface area contributed by atoms with Crippen molar-refractivity contribution in [3.05, 3.63) is 48.6 Å². The highest BCUT2D eigenvalue weighted by Crippen LogP contribution is 2.33. The molecule has 0 aliphatic carbocycles. The Labute approximate surface area is 143 Å². The van der Waals surface area contributed by atoms with Crippen LogP contribution in [0, 0.1) is 0 Å². The van der Waals surface area contributed by atoms with Gasteiger partial charge in [-0.05, 0) is 6.42 Å². The van der Waals surface area contributed by atoms with Crippen molar-refractivity contribution in [2.24, 2.45) is 0 Å². The van der Waals surface area contributed by atoms with Crippen molar-refractivity contribution in [1.82, 2.24) is 0 Å². The zero-order valence-electron chi connectivity index (χ0n) is 14.1. The molecule has 0 aromatic heterocycles. The van der Waals surface area contributed by atoms with Crippen LogP contribution in [0.3, 0.4) is 0 Å². The lowest BCUT2D eigenvalue weighted by Crippen LogP contribution is -2.51. The van der Waals surface area contributed by atoms with Crippen LogP contribution in [0.1, 0.15) is 31.6 Å². The maximum atomic E-state index is 6.23. The molecule has 0 radical (unpaired) electrons. The molecule has 1 aromatic carbocycles. The van der Waals surface area contributed by atoms with Gasteiger partial charge in [-0.2, -0.15) is 0 Å². The van der Waals surface area contributed by atoms with E-state index in [0.29, 0.717) is 13.2 Å². The van der Waals surface area contributed by atoms with E-state index in [9.17, 15) is 0 Å². The summed E-state index contributed by atoms with van der Waals surface area (Å²) in [6.45, 7) is 7.31. The number of benzene rings is 1. The fourth-order valence-electron chi connectivity index (χ4n) is 3.01. The molecular weight excluding hydrogens is 308 g/mol. The molecule has 1 aromatic rings. The minimum absolute atomic E-state index is 0.189. The number of hydrogen-bond acceptors (Lipinski definition) is 5. The highest BCUT2D eigenvalue weighted by atomic mass is 16.7. The smallest absolute Gasteiger partial charge is 0.184 e. The van der Waals surface area contributed by atoms with Gasteiger partial charge in [-0.3, -0.25) is 0 Å². The molecule has 2 heterocycles. The molecule has 24 heavy (non-hydrogen) atoms. The van der Waals surface area contributed by atoms with E-state index < -0.39 is 6.29 Å².